The molecule has 0 radical (unpaired) electrons. The van der Waals surface area contributed by atoms with Gasteiger partial charge in [-0.1, -0.05) is 29.8 Å². The molecule has 0 heterocycles. The van der Waals surface area contributed by atoms with Crippen molar-refractivity contribution >= 4 is 16.7 Å². The molecule has 0 spiro atoms. The summed E-state index contributed by atoms with van der Waals surface area (Å²) in [5, 5.41) is 0. The van der Waals surface area contributed by atoms with Gasteiger partial charge >= 0.3 is 0 Å². The summed E-state index contributed by atoms with van der Waals surface area (Å²) in [7, 11) is -1.20. The van der Waals surface area contributed by atoms with Crippen LogP contribution in [0, 0.1) is 13.8 Å². The van der Waals surface area contributed by atoms with Gasteiger partial charge in [0, 0.05) is 5.69 Å². The fourth-order valence-corrected chi connectivity index (χ4v) is 2.48. The third kappa shape index (κ3) is 3.17. The van der Waals surface area contributed by atoms with Gasteiger partial charge in [0.05, 0.1) is 4.90 Å². The first-order chi connectivity index (χ1) is 8.15. The Kier molecular flexibility index (Phi) is 3.59. The molecule has 17 heavy (non-hydrogen) atoms. The van der Waals surface area contributed by atoms with Gasteiger partial charge in [0.1, 0.15) is 11.0 Å². The van der Waals surface area contributed by atoms with Crippen LogP contribution in [-0.2, 0) is 11.0 Å². The molecule has 0 bridgehead atoms. The molecule has 1 atom stereocenters. The molecule has 0 aromatic heterocycles. The lowest BCUT2D eigenvalue weighted by atomic mass is 10.2. The van der Waals surface area contributed by atoms with Crippen molar-refractivity contribution in [2.45, 2.75) is 18.7 Å². The van der Waals surface area contributed by atoms with Gasteiger partial charge in [-0.3, -0.25) is 0 Å². The Labute approximate surface area is 104 Å². The normalized spacial score (nSPS) is 12.1. The molecule has 0 saturated heterocycles. The first-order valence-corrected chi connectivity index (χ1v) is 6.62. The van der Waals surface area contributed by atoms with Gasteiger partial charge in [-0.2, -0.15) is 0 Å². The van der Waals surface area contributed by atoms with E-state index < -0.39 is 11.0 Å². The second kappa shape index (κ2) is 5.15. The predicted molar refractivity (Wildman–Crippen MR) is 72.4 cm³/mol. The minimum Gasteiger partial charge on any atom is -0.301 e. The monoisotopic (exact) mass is 245 g/mol. The maximum atomic E-state index is 12.1. The summed E-state index contributed by atoms with van der Waals surface area (Å²) in [5.74, 6) is 0. The third-order valence-corrected chi connectivity index (χ3v) is 3.57. The Balaban J connectivity index is 2.14. The summed E-state index contributed by atoms with van der Waals surface area (Å²) >= 11 is 0. The molecule has 1 unspecified atom stereocenters. The molecule has 0 amide bonds. The minimum atomic E-state index is -1.20. The summed E-state index contributed by atoms with van der Waals surface area (Å²) in [6.07, 6.45) is 0. The Morgan fingerprint density at radius 3 is 2.29 bits per heavy atom. The number of hydrogen-bond acceptors (Lipinski definition) is 1. The van der Waals surface area contributed by atoms with E-state index in [2.05, 4.69) is 4.72 Å². The zero-order valence-corrected chi connectivity index (χ0v) is 10.8. The van der Waals surface area contributed by atoms with Crippen LogP contribution < -0.4 is 4.72 Å². The van der Waals surface area contributed by atoms with Crippen molar-refractivity contribution in [3.63, 3.8) is 0 Å². The van der Waals surface area contributed by atoms with E-state index in [1.165, 1.54) is 5.56 Å². The summed E-state index contributed by atoms with van der Waals surface area (Å²) in [4.78, 5) is 0.797. The van der Waals surface area contributed by atoms with E-state index in [9.17, 15) is 4.21 Å². The van der Waals surface area contributed by atoms with Crippen molar-refractivity contribution in [1.82, 2.24) is 0 Å². The van der Waals surface area contributed by atoms with Crippen molar-refractivity contribution in [2.75, 3.05) is 4.72 Å². The molecule has 2 aromatic carbocycles. The van der Waals surface area contributed by atoms with Crippen LogP contribution in [0.3, 0.4) is 0 Å². The highest BCUT2D eigenvalue weighted by Crippen LogP contribution is 2.14. The van der Waals surface area contributed by atoms with E-state index in [1.54, 1.807) is 0 Å². The van der Waals surface area contributed by atoms with Gasteiger partial charge in [-0.05, 0) is 43.7 Å². The van der Waals surface area contributed by atoms with Crippen LogP contribution in [0.25, 0.3) is 0 Å². The molecule has 2 rings (SSSR count). The van der Waals surface area contributed by atoms with E-state index in [0.717, 1.165) is 16.1 Å². The molecule has 0 aliphatic heterocycles. The second-order valence-electron chi connectivity index (χ2n) is 4.05. The second-order valence-corrected chi connectivity index (χ2v) is 5.27. The van der Waals surface area contributed by atoms with Gasteiger partial charge in [0.15, 0.2) is 0 Å². The lowest BCUT2D eigenvalue weighted by molar-refractivity contribution is 0.686. The SMILES string of the molecule is Cc1ccc(NS(=O)c2cccc(C)c2)cc1. The number of benzene rings is 2. The van der Waals surface area contributed by atoms with Crippen LogP contribution in [0.15, 0.2) is 53.4 Å². The quantitative estimate of drug-likeness (QED) is 0.881. The van der Waals surface area contributed by atoms with Crippen molar-refractivity contribution < 1.29 is 4.21 Å². The highest BCUT2D eigenvalue weighted by molar-refractivity contribution is 7.86. The van der Waals surface area contributed by atoms with Gasteiger partial charge < -0.3 is 4.72 Å². The molecule has 0 aliphatic carbocycles. The largest absolute Gasteiger partial charge is 0.301 e. The third-order valence-electron chi connectivity index (χ3n) is 2.47. The van der Waals surface area contributed by atoms with Crippen LogP contribution in [-0.4, -0.2) is 4.21 Å². The fraction of sp³-hybridized carbons (Fsp3) is 0.143. The van der Waals surface area contributed by atoms with Gasteiger partial charge in [0.2, 0.25) is 0 Å². The highest BCUT2D eigenvalue weighted by atomic mass is 32.2. The molecular weight excluding hydrogens is 230 g/mol. The average Bonchev–Trinajstić information content (AvgIpc) is 2.32. The van der Waals surface area contributed by atoms with E-state index in [0.29, 0.717) is 0 Å². The molecule has 1 N–H and O–H groups in total. The predicted octanol–water partition coefficient (Wildman–Crippen LogP) is 3.44. The van der Waals surface area contributed by atoms with Crippen molar-refractivity contribution in [3.8, 4) is 0 Å². The van der Waals surface area contributed by atoms with Crippen LogP contribution >= 0.6 is 0 Å². The minimum absolute atomic E-state index is 0.797. The maximum absolute atomic E-state index is 12.1. The van der Waals surface area contributed by atoms with Crippen LogP contribution in [0.5, 0.6) is 0 Å². The summed E-state index contributed by atoms with van der Waals surface area (Å²) in [6.45, 7) is 4.02. The van der Waals surface area contributed by atoms with Crippen LogP contribution in [0.4, 0.5) is 5.69 Å². The zero-order valence-electron chi connectivity index (χ0n) is 9.94. The summed E-state index contributed by atoms with van der Waals surface area (Å²) in [6, 6.07) is 15.6. The fourth-order valence-electron chi connectivity index (χ4n) is 1.52. The van der Waals surface area contributed by atoms with E-state index >= 15 is 0 Å². The molecule has 2 aromatic rings. The Morgan fingerprint density at radius 2 is 1.65 bits per heavy atom. The smallest absolute Gasteiger partial charge is 0.150 e. The number of nitrogens with one attached hydrogen (secondary N) is 1. The first kappa shape index (κ1) is 11.9. The van der Waals surface area contributed by atoms with E-state index in [4.69, 9.17) is 0 Å². The number of rotatable bonds is 3. The van der Waals surface area contributed by atoms with Gasteiger partial charge in [-0.25, -0.2) is 4.21 Å². The van der Waals surface area contributed by atoms with Crippen molar-refractivity contribution in [2.24, 2.45) is 0 Å². The molecule has 0 saturated carbocycles. The first-order valence-electron chi connectivity index (χ1n) is 5.47. The molecule has 0 fully saturated rings. The zero-order chi connectivity index (χ0) is 12.3. The van der Waals surface area contributed by atoms with Gasteiger partial charge in [-0.15, -0.1) is 0 Å². The topological polar surface area (TPSA) is 29.1 Å². The highest BCUT2D eigenvalue weighted by Gasteiger charge is 2.03. The Bertz CT molecular complexity index is 534. The summed E-state index contributed by atoms with van der Waals surface area (Å²) < 4.78 is 15.0. The van der Waals surface area contributed by atoms with Crippen molar-refractivity contribution in [3.05, 3.63) is 59.7 Å². The van der Waals surface area contributed by atoms with Gasteiger partial charge in [0.25, 0.3) is 0 Å². The standard InChI is InChI=1S/C14H15NOS/c1-11-6-8-13(9-7-11)15-17(16)14-5-3-4-12(2)10-14/h3-10,15H,1-2H3. The lowest BCUT2D eigenvalue weighted by Crippen LogP contribution is -2.04. The molecule has 0 aliphatic rings. The maximum Gasteiger partial charge on any atom is 0.150 e. The Morgan fingerprint density at radius 1 is 0.941 bits per heavy atom. The molecule has 2 nitrogen and oxygen atoms in total. The van der Waals surface area contributed by atoms with Crippen LogP contribution in [0.1, 0.15) is 11.1 Å². The number of aryl methyl sites for hydroxylation is 2. The lowest BCUT2D eigenvalue weighted by Gasteiger charge is -2.06. The average molecular weight is 245 g/mol. The summed E-state index contributed by atoms with van der Waals surface area (Å²) in [5.41, 5.74) is 3.17. The van der Waals surface area contributed by atoms with Crippen LogP contribution in [0.2, 0.25) is 0 Å². The molecular formula is C14H15NOS. The number of hydrogen-bond donors (Lipinski definition) is 1. The van der Waals surface area contributed by atoms with E-state index in [1.807, 2.05) is 62.4 Å². The Hall–Kier alpha value is -1.61. The number of anilines is 1. The van der Waals surface area contributed by atoms with E-state index in [-0.39, 0.29) is 0 Å². The molecule has 88 valence electrons. The molecule has 3 heteroatoms. The van der Waals surface area contributed by atoms with Crippen molar-refractivity contribution in [1.29, 1.82) is 0 Å².